The number of aromatic nitrogens is 1. The molecular formula is C15H15N3O. The molecule has 0 atom stereocenters. The molecule has 0 fully saturated rings. The standard InChI is InChI=1S/C15H15N3O/c1-3-8-16-14(19)10-17-15-11(2)9-12-6-4-5-7-13(12)18-15/h1,4-7,9H,8,10H2,2H3,(H,16,19)(H,17,18). The third kappa shape index (κ3) is 3.23. The average Bonchev–Trinajstić information content (AvgIpc) is 2.42. The van der Waals surface area contributed by atoms with Crippen LogP contribution in [0.1, 0.15) is 5.56 Å². The highest BCUT2D eigenvalue weighted by Gasteiger charge is 2.05. The number of pyridine rings is 1. The molecule has 0 saturated carbocycles. The fraction of sp³-hybridized carbons (Fsp3) is 0.200. The highest BCUT2D eigenvalue weighted by atomic mass is 16.1. The van der Waals surface area contributed by atoms with Crippen LogP contribution in [-0.2, 0) is 4.79 Å². The highest BCUT2D eigenvalue weighted by Crippen LogP contribution is 2.19. The van der Waals surface area contributed by atoms with Crippen molar-refractivity contribution in [3.63, 3.8) is 0 Å². The number of hydrogen-bond acceptors (Lipinski definition) is 3. The number of benzene rings is 1. The number of para-hydroxylation sites is 1. The maximum absolute atomic E-state index is 11.5. The highest BCUT2D eigenvalue weighted by molar-refractivity contribution is 5.84. The van der Waals surface area contributed by atoms with Crippen molar-refractivity contribution in [1.29, 1.82) is 0 Å². The van der Waals surface area contributed by atoms with Crippen molar-refractivity contribution in [2.75, 3.05) is 18.4 Å². The van der Waals surface area contributed by atoms with Crippen molar-refractivity contribution in [2.45, 2.75) is 6.92 Å². The van der Waals surface area contributed by atoms with Gasteiger partial charge in [0.05, 0.1) is 18.6 Å². The number of nitrogens with one attached hydrogen (secondary N) is 2. The Labute approximate surface area is 112 Å². The van der Waals surface area contributed by atoms with Gasteiger partial charge in [-0.05, 0) is 24.6 Å². The Morgan fingerprint density at radius 2 is 2.21 bits per heavy atom. The Bertz CT molecular complexity index is 643. The summed E-state index contributed by atoms with van der Waals surface area (Å²) in [6.45, 7) is 2.36. The normalized spacial score (nSPS) is 9.89. The second kappa shape index (κ2) is 5.87. The minimum atomic E-state index is -0.146. The van der Waals surface area contributed by atoms with E-state index in [9.17, 15) is 4.79 Å². The van der Waals surface area contributed by atoms with Gasteiger partial charge < -0.3 is 10.6 Å². The second-order valence-electron chi connectivity index (χ2n) is 4.18. The molecule has 4 nitrogen and oxygen atoms in total. The zero-order chi connectivity index (χ0) is 13.7. The lowest BCUT2D eigenvalue weighted by atomic mass is 10.1. The molecule has 2 rings (SSSR count). The van der Waals surface area contributed by atoms with Gasteiger partial charge in [-0.1, -0.05) is 24.1 Å². The first-order valence-corrected chi connectivity index (χ1v) is 6.01. The Kier molecular flexibility index (Phi) is 3.99. The van der Waals surface area contributed by atoms with Gasteiger partial charge in [0.1, 0.15) is 5.82 Å². The minimum absolute atomic E-state index is 0.146. The van der Waals surface area contributed by atoms with E-state index in [-0.39, 0.29) is 19.0 Å². The summed E-state index contributed by atoms with van der Waals surface area (Å²) in [5.74, 6) is 2.93. The van der Waals surface area contributed by atoms with Gasteiger partial charge in [0, 0.05) is 5.39 Å². The van der Waals surface area contributed by atoms with Gasteiger partial charge in [0.2, 0.25) is 5.91 Å². The fourth-order valence-electron chi connectivity index (χ4n) is 1.78. The summed E-state index contributed by atoms with van der Waals surface area (Å²) in [5, 5.41) is 6.70. The Morgan fingerprint density at radius 1 is 1.42 bits per heavy atom. The zero-order valence-corrected chi connectivity index (χ0v) is 10.7. The van der Waals surface area contributed by atoms with Gasteiger partial charge >= 0.3 is 0 Å². The maximum atomic E-state index is 11.5. The van der Waals surface area contributed by atoms with Gasteiger partial charge in [0.25, 0.3) is 0 Å². The summed E-state index contributed by atoms with van der Waals surface area (Å²) in [4.78, 5) is 15.9. The van der Waals surface area contributed by atoms with Crippen molar-refractivity contribution in [3.8, 4) is 12.3 Å². The molecule has 1 amide bonds. The van der Waals surface area contributed by atoms with Crippen LogP contribution >= 0.6 is 0 Å². The predicted molar refractivity (Wildman–Crippen MR) is 76.8 cm³/mol. The van der Waals surface area contributed by atoms with E-state index >= 15 is 0 Å². The third-order valence-electron chi connectivity index (χ3n) is 2.72. The first kappa shape index (κ1) is 12.9. The number of aryl methyl sites for hydroxylation is 1. The number of anilines is 1. The Morgan fingerprint density at radius 3 is 3.00 bits per heavy atom. The van der Waals surface area contributed by atoms with E-state index in [1.165, 1.54) is 0 Å². The lowest BCUT2D eigenvalue weighted by Crippen LogP contribution is -2.30. The molecule has 2 aromatic rings. The number of carbonyl (C=O) groups is 1. The number of fused-ring (bicyclic) bond motifs is 1. The largest absolute Gasteiger partial charge is 0.361 e. The molecule has 0 spiro atoms. The van der Waals surface area contributed by atoms with Crippen LogP contribution in [0.2, 0.25) is 0 Å². The Hall–Kier alpha value is -2.54. The summed E-state index contributed by atoms with van der Waals surface area (Å²) < 4.78 is 0. The van der Waals surface area contributed by atoms with Crippen LogP contribution in [0.3, 0.4) is 0 Å². The summed E-state index contributed by atoms with van der Waals surface area (Å²) in [7, 11) is 0. The molecule has 2 N–H and O–H groups in total. The van der Waals surface area contributed by atoms with Crippen molar-refractivity contribution in [3.05, 3.63) is 35.9 Å². The van der Waals surface area contributed by atoms with Gasteiger partial charge in [0.15, 0.2) is 0 Å². The summed E-state index contributed by atoms with van der Waals surface area (Å²) in [6, 6.07) is 9.92. The van der Waals surface area contributed by atoms with E-state index < -0.39 is 0 Å². The summed E-state index contributed by atoms with van der Waals surface area (Å²) in [5.41, 5.74) is 1.91. The SMILES string of the molecule is C#CCNC(=O)CNc1nc2ccccc2cc1C. The van der Waals surface area contributed by atoms with Crippen LogP contribution in [-0.4, -0.2) is 24.0 Å². The molecule has 0 aliphatic heterocycles. The summed E-state index contributed by atoms with van der Waals surface area (Å²) >= 11 is 0. The number of carbonyl (C=O) groups excluding carboxylic acids is 1. The topological polar surface area (TPSA) is 54.0 Å². The first-order valence-electron chi connectivity index (χ1n) is 6.01. The zero-order valence-electron chi connectivity index (χ0n) is 10.7. The smallest absolute Gasteiger partial charge is 0.240 e. The molecule has 1 aromatic heterocycles. The van der Waals surface area contributed by atoms with Gasteiger partial charge in [-0.3, -0.25) is 4.79 Å². The van der Waals surface area contributed by atoms with Gasteiger partial charge in [-0.2, -0.15) is 0 Å². The number of nitrogens with zero attached hydrogens (tertiary/aromatic N) is 1. The van der Waals surface area contributed by atoms with Crippen molar-refractivity contribution in [1.82, 2.24) is 10.3 Å². The van der Waals surface area contributed by atoms with Gasteiger partial charge in [-0.25, -0.2) is 4.98 Å². The fourth-order valence-corrected chi connectivity index (χ4v) is 1.78. The lowest BCUT2D eigenvalue weighted by Gasteiger charge is -2.09. The molecule has 0 unspecified atom stereocenters. The number of hydrogen-bond donors (Lipinski definition) is 2. The predicted octanol–water partition coefficient (Wildman–Crippen LogP) is 1.70. The molecule has 0 saturated heterocycles. The lowest BCUT2D eigenvalue weighted by molar-refractivity contribution is -0.119. The first-order chi connectivity index (χ1) is 9.20. The summed E-state index contributed by atoms with van der Waals surface area (Å²) in [6.07, 6.45) is 5.07. The molecule has 1 aromatic carbocycles. The van der Waals surface area contributed by atoms with E-state index in [4.69, 9.17) is 6.42 Å². The second-order valence-corrected chi connectivity index (χ2v) is 4.18. The quantitative estimate of drug-likeness (QED) is 0.815. The van der Waals surface area contributed by atoms with Crippen LogP contribution < -0.4 is 10.6 Å². The average molecular weight is 253 g/mol. The molecule has 0 radical (unpaired) electrons. The molecule has 0 aliphatic rings. The van der Waals surface area contributed by atoms with Crippen molar-refractivity contribution < 1.29 is 4.79 Å². The number of amides is 1. The van der Waals surface area contributed by atoms with Crippen LogP contribution in [0.15, 0.2) is 30.3 Å². The molecule has 4 heteroatoms. The van der Waals surface area contributed by atoms with Crippen LogP contribution in [0.4, 0.5) is 5.82 Å². The number of rotatable bonds is 4. The van der Waals surface area contributed by atoms with E-state index in [0.717, 1.165) is 22.3 Å². The van der Waals surface area contributed by atoms with Crippen LogP contribution in [0.25, 0.3) is 10.9 Å². The van der Waals surface area contributed by atoms with Crippen LogP contribution in [0, 0.1) is 19.3 Å². The van der Waals surface area contributed by atoms with E-state index in [1.54, 1.807) is 0 Å². The van der Waals surface area contributed by atoms with Crippen molar-refractivity contribution in [2.24, 2.45) is 0 Å². The molecule has 19 heavy (non-hydrogen) atoms. The molecule has 0 bridgehead atoms. The molecule has 96 valence electrons. The van der Waals surface area contributed by atoms with E-state index in [2.05, 4.69) is 21.5 Å². The van der Waals surface area contributed by atoms with Crippen LogP contribution in [0.5, 0.6) is 0 Å². The third-order valence-corrected chi connectivity index (χ3v) is 2.72. The maximum Gasteiger partial charge on any atom is 0.240 e. The van der Waals surface area contributed by atoms with Gasteiger partial charge in [-0.15, -0.1) is 6.42 Å². The number of terminal acetylenes is 1. The van der Waals surface area contributed by atoms with E-state index in [1.807, 2.05) is 37.3 Å². The molecule has 1 heterocycles. The molecule has 0 aliphatic carbocycles. The van der Waals surface area contributed by atoms with E-state index in [0.29, 0.717) is 0 Å². The van der Waals surface area contributed by atoms with Crippen molar-refractivity contribution >= 4 is 22.6 Å². The molecular weight excluding hydrogens is 238 g/mol. The minimum Gasteiger partial charge on any atom is -0.361 e. The monoisotopic (exact) mass is 253 g/mol. The Balaban J connectivity index is 2.10.